The van der Waals surface area contributed by atoms with Gasteiger partial charge in [0.2, 0.25) is 0 Å². The molecule has 0 spiro atoms. The lowest BCUT2D eigenvalue weighted by atomic mass is 10.1. The molecule has 0 radical (unpaired) electrons. The number of Topliss-reactive ketones (excluding diaryl/α,β-unsaturated/α-hetero) is 1. The van der Waals surface area contributed by atoms with Crippen LogP contribution in [0.25, 0.3) is 5.69 Å². The Morgan fingerprint density at radius 2 is 2.21 bits per heavy atom. The summed E-state index contributed by atoms with van der Waals surface area (Å²) in [5, 5.41) is 7.72. The van der Waals surface area contributed by atoms with Crippen molar-refractivity contribution >= 4 is 11.9 Å². The maximum Gasteiger partial charge on any atom is 0.404 e. The fourth-order valence-corrected chi connectivity index (χ4v) is 1.50. The number of carbonyl (C=O) groups is 2. The molecular weight excluding hydrogens is 248 g/mol. The van der Waals surface area contributed by atoms with Gasteiger partial charge in [0.1, 0.15) is 12.3 Å². The van der Waals surface area contributed by atoms with E-state index in [0.29, 0.717) is 16.9 Å². The highest BCUT2D eigenvalue weighted by atomic mass is 16.5. The molecule has 0 fully saturated rings. The molecule has 1 heterocycles. The van der Waals surface area contributed by atoms with Crippen molar-refractivity contribution in [1.29, 1.82) is 0 Å². The number of hydrogen-bond acceptors (Lipinski definition) is 5. The maximum atomic E-state index is 11.3. The third-order valence-electron chi connectivity index (χ3n) is 2.42. The molecule has 2 N–H and O–H groups in total. The zero-order chi connectivity index (χ0) is 13.8. The molecule has 7 nitrogen and oxygen atoms in total. The number of nitrogens with zero attached hydrogens (tertiary/aromatic N) is 3. The number of amides is 1. The number of ether oxygens (including phenoxy) is 1. The maximum absolute atomic E-state index is 11.3. The largest absolute Gasteiger partial charge is 0.443 e. The predicted molar refractivity (Wildman–Crippen MR) is 65.7 cm³/mol. The smallest absolute Gasteiger partial charge is 0.404 e. The molecule has 98 valence electrons. The van der Waals surface area contributed by atoms with Gasteiger partial charge in [-0.15, -0.1) is 5.10 Å². The molecule has 0 saturated carbocycles. The van der Waals surface area contributed by atoms with Crippen LogP contribution >= 0.6 is 0 Å². The van der Waals surface area contributed by atoms with Gasteiger partial charge in [0.15, 0.2) is 5.78 Å². The summed E-state index contributed by atoms with van der Waals surface area (Å²) in [5.41, 5.74) is 6.61. The van der Waals surface area contributed by atoms with Crippen molar-refractivity contribution in [2.75, 3.05) is 0 Å². The average Bonchev–Trinajstić information content (AvgIpc) is 2.85. The van der Waals surface area contributed by atoms with E-state index >= 15 is 0 Å². The highest BCUT2D eigenvalue weighted by Crippen LogP contribution is 2.10. The lowest BCUT2D eigenvalue weighted by Crippen LogP contribution is -2.12. The van der Waals surface area contributed by atoms with E-state index in [1.165, 1.54) is 11.6 Å². The lowest BCUT2D eigenvalue weighted by Gasteiger charge is -2.01. The van der Waals surface area contributed by atoms with Gasteiger partial charge in [-0.3, -0.25) is 4.79 Å². The number of ketones is 1. The van der Waals surface area contributed by atoms with Gasteiger partial charge >= 0.3 is 6.09 Å². The van der Waals surface area contributed by atoms with E-state index in [1.807, 2.05) is 0 Å². The van der Waals surface area contributed by atoms with Crippen LogP contribution in [0.15, 0.2) is 30.5 Å². The third kappa shape index (κ3) is 3.15. The van der Waals surface area contributed by atoms with Crippen LogP contribution in [-0.4, -0.2) is 26.9 Å². The number of rotatable bonds is 4. The number of nitrogens with two attached hydrogens (primary N) is 1. The highest BCUT2D eigenvalue weighted by Gasteiger charge is 2.06. The van der Waals surface area contributed by atoms with Gasteiger partial charge in [0, 0.05) is 5.56 Å². The first kappa shape index (κ1) is 12.7. The Morgan fingerprint density at radius 3 is 2.89 bits per heavy atom. The minimum absolute atomic E-state index is 0.0285. The van der Waals surface area contributed by atoms with Crippen LogP contribution in [0.2, 0.25) is 0 Å². The van der Waals surface area contributed by atoms with Gasteiger partial charge in [0.25, 0.3) is 0 Å². The van der Waals surface area contributed by atoms with E-state index in [-0.39, 0.29) is 12.4 Å². The summed E-state index contributed by atoms with van der Waals surface area (Å²) in [6, 6.07) is 6.97. The van der Waals surface area contributed by atoms with Crippen LogP contribution < -0.4 is 5.73 Å². The minimum atomic E-state index is -0.867. The van der Waals surface area contributed by atoms with Crippen molar-refractivity contribution in [1.82, 2.24) is 15.0 Å². The van der Waals surface area contributed by atoms with Gasteiger partial charge in [0.05, 0.1) is 11.9 Å². The molecule has 0 atom stereocenters. The van der Waals surface area contributed by atoms with E-state index < -0.39 is 6.09 Å². The van der Waals surface area contributed by atoms with Gasteiger partial charge < -0.3 is 10.5 Å². The van der Waals surface area contributed by atoms with Crippen molar-refractivity contribution in [2.45, 2.75) is 13.5 Å². The summed E-state index contributed by atoms with van der Waals surface area (Å²) in [7, 11) is 0. The molecule has 2 aromatic rings. The van der Waals surface area contributed by atoms with Gasteiger partial charge in [-0.25, -0.2) is 9.48 Å². The Labute approximate surface area is 109 Å². The van der Waals surface area contributed by atoms with E-state index in [2.05, 4.69) is 15.0 Å². The number of primary amides is 1. The monoisotopic (exact) mass is 260 g/mol. The molecule has 7 heteroatoms. The Kier molecular flexibility index (Phi) is 3.56. The second kappa shape index (κ2) is 5.30. The number of aromatic nitrogens is 3. The summed E-state index contributed by atoms with van der Waals surface area (Å²) in [6.45, 7) is 1.45. The van der Waals surface area contributed by atoms with Gasteiger partial charge in [-0.05, 0) is 19.1 Å². The molecule has 0 aliphatic rings. The highest BCUT2D eigenvalue weighted by molar-refractivity contribution is 5.94. The fraction of sp³-hybridized carbons (Fsp3) is 0.167. The molecule has 0 unspecified atom stereocenters. The molecule has 2 rings (SSSR count). The summed E-state index contributed by atoms with van der Waals surface area (Å²) in [6.07, 6.45) is 0.732. The molecule has 0 bridgehead atoms. The van der Waals surface area contributed by atoms with Crippen molar-refractivity contribution in [3.63, 3.8) is 0 Å². The minimum Gasteiger partial charge on any atom is -0.443 e. The fourth-order valence-electron chi connectivity index (χ4n) is 1.50. The number of carbonyl (C=O) groups excluding carboxylic acids is 2. The number of benzene rings is 1. The van der Waals surface area contributed by atoms with Crippen LogP contribution in [0.3, 0.4) is 0 Å². The topological polar surface area (TPSA) is 100 Å². The first-order chi connectivity index (χ1) is 9.06. The van der Waals surface area contributed by atoms with Gasteiger partial charge in [-0.1, -0.05) is 17.3 Å². The SMILES string of the molecule is CC(=O)c1cccc(-n2cc(COC(N)=O)nn2)c1. The molecule has 0 aliphatic carbocycles. The Morgan fingerprint density at radius 1 is 1.42 bits per heavy atom. The van der Waals surface area contributed by atoms with Crippen LogP contribution in [0.1, 0.15) is 23.0 Å². The zero-order valence-corrected chi connectivity index (χ0v) is 10.2. The van der Waals surface area contributed by atoms with Crippen molar-refractivity contribution < 1.29 is 14.3 Å². The molecular formula is C12H12N4O3. The lowest BCUT2D eigenvalue weighted by molar-refractivity contribution is 0.101. The quantitative estimate of drug-likeness (QED) is 0.828. The van der Waals surface area contributed by atoms with Crippen LogP contribution in [0, 0.1) is 0 Å². The first-order valence-corrected chi connectivity index (χ1v) is 5.51. The molecule has 1 aromatic heterocycles. The summed E-state index contributed by atoms with van der Waals surface area (Å²) in [5.74, 6) is -0.0285. The molecule has 19 heavy (non-hydrogen) atoms. The zero-order valence-electron chi connectivity index (χ0n) is 10.2. The number of hydrogen-bond donors (Lipinski definition) is 1. The molecule has 0 aliphatic heterocycles. The summed E-state index contributed by atoms with van der Waals surface area (Å²) >= 11 is 0. The van der Waals surface area contributed by atoms with Crippen LogP contribution in [0.4, 0.5) is 4.79 Å². The van der Waals surface area contributed by atoms with E-state index in [0.717, 1.165) is 0 Å². The Balaban J connectivity index is 2.20. The van der Waals surface area contributed by atoms with Crippen LogP contribution in [-0.2, 0) is 11.3 Å². The molecule has 1 aromatic carbocycles. The van der Waals surface area contributed by atoms with E-state index in [1.54, 1.807) is 30.5 Å². The van der Waals surface area contributed by atoms with Crippen LogP contribution in [0.5, 0.6) is 0 Å². The van der Waals surface area contributed by atoms with Crippen molar-refractivity contribution in [3.05, 3.63) is 41.7 Å². The Bertz CT molecular complexity index is 621. The van der Waals surface area contributed by atoms with Crippen molar-refractivity contribution in [3.8, 4) is 5.69 Å². The standard InChI is InChI=1S/C12H12N4O3/c1-8(17)9-3-2-4-11(5-9)16-6-10(14-15-16)7-19-12(13)18/h2-6H,7H2,1H3,(H2,13,18). The Hall–Kier alpha value is -2.70. The third-order valence-corrected chi connectivity index (χ3v) is 2.42. The average molecular weight is 260 g/mol. The predicted octanol–water partition coefficient (Wildman–Crippen LogP) is 1.07. The van der Waals surface area contributed by atoms with E-state index in [4.69, 9.17) is 5.73 Å². The molecule has 1 amide bonds. The first-order valence-electron chi connectivity index (χ1n) is 5.51. The summed E-state index contributed by atoms with van der Waals surface area (Å²) < 4.78 is 6.10. The normalized spacial score (nSPS) is 10.2. The summed E-state index contributed by atoms with van der Waals surface area (Å²) in [4.78, 5) is 21.8. The second-order valence-corrected chi connectivity index (χ2v) is 3.87. The molecule has 0 saturated heterocycles. The van der Waals surface area contributed by atoms with Crippen molar-refractivity contribution in [2.24, 2.45) is 5.73 Å². The van der Waals surface area contributed by atoms with Gasteiger partial charge in [-0.2, -0.15) is 0 Å². The van der Waals surface area contributed by atoms with E-state index in [9.17, 15) is 9.59 Å². The second-order valence-electron chi connectivity index (χ2n) is 3.87.